The van der Waals surface area contributed by atoms with Gasteiger partial charge >= 0.3 is 0 Å². The predicted molar refractivity (Wildman–Crippen MR) is 98.0 cm³/mol. The van der Waals surface area contributed by atoms with Gasteiger partial charge in [-0.2, -0.15) is 0 Å². The zero-order chi connectivity index (χ0) is 18.7. The quantitative estimate of drug-likeness (QED) is 0.789. The van der Waals surface area contributed by atoms with E-state index >= 15 is 0 Å². The molecule has 138 valence electrons. The van der Waals surface area contributed by atoms with Gasteiger partial charge in [0.2, 0.25) is 17.7 Å². The molecule has 1 saturated carbocycles. The van der Waals surface area contributed by atoms with Crippen LogP contribution in [0.25, 0.3) is 0 Å². The second-order valence-electron chi connectivity index (χ2n) is 7.09. The van der Waals surface area contributed by atoms with Crippen molar-refractivity contribution in [3.8, 4) is 0 Å². The lowest BCUT2D eigenvalue weighted by atomic mass is 9.96. The lowest BCUT2D eigenvalue weighted by Gasteiger charge is -2.34. The molecule has 1 unspecified atom stereocenters. The fraction of sp³-hybridized carbons (Fsp3) is 0.450. The van der Waals surface area contributed by atoms with Crippen molar-refractivity contribution in [3.63, 3.8) is 0 Å². The van der Waals surface area contributed by atoms with Crippen molar-refractivity contribution < 1.29 is 14.4 Å². The van der Waals surface area contributed by atoms with Gasteiger partial charge in [0.25, 0.3) is 0 Å². The molecular weight excluding hydrogens is 330 g/mol. The van der Waals surface area contributed by atoms with Gasteiger partial charge in [-0.15, -0.1) is 0 Å². The van der Waals surface area contributed by atoms with Gasteiger partial charge in [0.05, 0.1) is 5.92 Å². The van der Waals surface area contributed by atoms with Crippen molar-refractivity contribution in [1.82, 2.24) is 9.80 Å². The molecule has 26 heavy (non-hydrogen) atoms. The van der Waals surface area contributed by atoms with E-state index in [0.717, 1.165) is 31.2 Å². The maximum atomic E-state index is 13.1. The van der Waals surface area contributed by atoms with E-state index < -0.39 is 5.91 Å². The maximum Gasteiger partial charge on any atom is 0.248 e. The highest BCUT2D eigenvalue weighted by Gasteiger charge is 2.37. The van der Waals surface area contributed by atoms with Crippen molar-refractivity contribution in [2.24, 2.45) is 11.7 Å². The van der Waals surface area contributed by atoms with Crippen molar-refractivity contribution in [2.75, 3.05) is 13.1 Å². The third-order valence-electron chi connectivity index (χ3n) is 5.09. The van der Waals surface area contributed by atoms with Gasteiger partial charge in [-0.1, -0.05) is 18.7 Å². The Morgan fingerprint density at radius 1 is 1.27 bits per heavy atom. The summed E-state index contributed by atoms with van der Waals surface area (Å²) in [6.07, 6.45) is 4.93. The molecule has 2 aliphatic rings. The Morgan fingerprint density at radius 2 is 2.04 bits per heavy atom. The van der Waals surface area contributed by atoms with Gasteiger partial charge in [-0.25, -0.2) is 0 Å². The van der Waals surface area contributed by atoms with Crippen LogP contribution in [-0.4, -0.2) is 46.7 Å². The molecule has 1 heterocycles. The van der Waals surface area contributed by atoms with Crippen LogP contribution in [0.1, 0.15) is 41.6 Å². The van der Waals surface area contributed by atoms with Crippen LogP contribution in [0.5, 0.6) is 0 Å². The topological polar surface area (TPSA) is 83.7 Å². The minimum absolute atomic E-state index is 0.0959. The number of nitrogens with two attached hydrogens (primary N) is 1. The molecule has 1 aliphatic carbocycles. The number of carbonyl (C=O) groups excluding carboxylic acids is 3. The average molecular weight is 355 g/mol. The SMILES string of the molecule is C=CC(=O)N1CCCC(C(=O)N(Cc2cccc(C(N)=O)c2)C2CC2)C1. The molecule has 0 radical (unpaired) electrons. The highest BCUT2D eigenvalue weighted by atomic mass is 16.2. The van der Waals surface area contributed by atoms with Crippen molar-refractivity contribution in [3.05, 3.63) is 48.0 Å². The molecule has 0 bridgehead atoms. The number of nitrogens with zero attached hydrogens (tertiary/aromatic N) is 2. The Kier molecular flexibility index (Phi) is 5.40. The van der Waals surface area contributed by atoms with Gasteiger partial charge in [0.15, 0.2) is 0 Å². The van der Waals surface area contributed by atoms with E-state index in [4.69, 9.17) is 5.73 Å². The molecule has 3 amide bonds. The van der Waals surface area contributed by atoms with Crippen LogP contribution in [0.2, 0.25) is 0 Å². The van der Waals surface area contributed by atoms with Crippen LogP contribution >= 0.6 is 0 Å². The first-order valence-electron chi connectivity index (χ1n) is 9.10. The summed E-state index contributed by atoms with van der Waals surface area (Å²) in [5, 5.41) is 0. The highest BCUT2D eigenvalue weighted by molar-refractivity contribution is 5.93. The summed E-state index contributed by atoms with van der Waals surface area (Å²) < 4.78 is 0. The van der Waals surface area contributed by atoms with E-state index in [0.29, 0.717) is 25.2 Å². The maximum absolute atomic E-state index is 13.1. The first-order valence-corrected chi connectivity index (χ1v) is 9.10. The van der Waals surface area contributed by atoms with E-state index in [9.17, 15) is 14.4 Å². The number of likely N-dealkylation sites (tertiary alicyclic amines) is 1. The van der Waals surface area contributed by atoms with Crippen LogP contribution in [0.3, 0.4) is 0 Å². The monoisotopic (exact) mass is 355 g/mol. The Morgan fingerprint density at radius 3 is 2.69 bits per heavy atom. The van der Waals surface area contributed by atoms with E-state index in [1.165, 1.54) is 6.08 Å². The minimum Gasteiger partial charge on any atom is -0.366 e. The molecule has 6 heteroatoms. The molecule has 1 atom stereocenters. The Balaban J connectivity index is 1.72. The number of primary amides is 1. The first-order chi connectivity index (χ1) is 12.5. The van der Waals surface area contributed by atoms with Crippen LogP contribution in [0, 0.1) is 5.92 Å². The second kappa shape index (κ2) is 7.72. The lowest BCUT2D eigenvalue weighted by Crippen LogP contribution is -2.46. The number of hydrogen-bond donors (Lipinski definition) is 1. The summed E-state index contributed by atoms with van der Waals surface area (Å²) in [6.45, 7) is 5.13. The lowest BCUT2D eigenvalue weighted by molar-refractivity contribution is -0.140. The van der Waals surface area contributed by atoms with Crippen LogP contribution in [-0.2, 0) is 16.1 Å². The van der Waals surface area contributed by atoms with Crippen molar-refractivity contribution in [1.29, 1.82) is 0 Å². The number of rotatable bonds is 6. The Bertz CT molecular complexity index is 727. The van der Waals surface area contributed by atoms with Crippen LogP contribution in [0.4, 0.5) is 0 Å². The number of carbonyl (C=O) groups is 3. The Hall–Kier alpha value is -2.63. The third-order valence-corrected chi connectivity index (χ3v) is 5.09. The molecule has 0 spiro atoms. The molecule has 2 fully saturated rings. The molecule has 1 aromatic rings. The normalized spacial score (nSPS) is 19.7. The zero-order valence-electron chi connectivity index (χ0n) is 14.9. The number of hydrogen-bond acceptors (Lipinski definition) is 3. The number of piperidine rings is 1. The summed E-state index contributed by atoms with van der Waals surface area (Å²) in [5.41, 5.74) is 6.70. The van der Waals surface area contributed by atoms with Crippen molar-refractivity contribution in [2.45, 2.75) is 38.3 Å². The zero-order valence-corrected chi connectivity index (χ0v) is 14.9. The summed E-state index contributed by atoms with van der Waals surface area (Å²) in [7, 11) is 0. The van der Waals surface area contributed by atoms with Gasteiger partial charge in [0, 0.05) is 31.2 Å². The van der Waals surface area contributed by atoms with Gasteiger partial charge < -0.3 is 15.5 Å². The fourth-order valence-electron chi connectivity index (χ4n) is 3.54. The average Bonchev–Trinajstić information content (AvgIpc) is 3.50. The second-order valence-corrected chi connectivity index (χ2v) is 7.09. The van der Waals surface area contributed by atoms with E-state index in [1.54, 1.807) is 23.1 Å². The van der Waals surface area contributed by atoms with Gasteiger partial charge in [0.1, 0.15) is 0 Å². The van der Waals surface area contributed by atoms with Crippen molar-refractivity contribution >= 4 is 17.7 Å². The van der Waals surface area contributed by atoms with Crippen LogP contribution < -0.4 is 5.73 Å². The summed E-state index contributed by atoms with van der Waals surface area (Å²) in [5.74, 6) is -0.664. The summed E-state index contributed by atoms with van der Waals surface area (Å²) in [4.78, 5) is 40.0. The molecule has 3 rings (SSSR count). The van der Waals surface area contributed by atoms with Gasteiger partial charge in [-0.3, -0.25) is 14.4 Å². The molecular formula is C20H25N3O3. The van der Waals surface area contributed by atoms with Crippen LogP contribution in [0.15, 0.2) is 36.9 Å². The molecule has 2 N–H and O–H groups in total. The highest BCUT2D eigenvalue weighted by Crippen LogP contribution is 2.31. The largest absolute Gasteiger partial charge is 0.366 e. The first kappa shape index (κ1) is 18.2. The molecule has 1 saturated heterocycles. The smallest absolute Gasteiger partial charge is 0.248 e. The molecule has 1 aromatic carbocycles. The third kappa shape index (κ3) is 4.12. The van der Waals surface area contributed by atoms with E-state index in [1.807, 2.05) is 11.0 Å². The number of benzene rings is 1. The minimum atomic E-state index is -0.470. The summed E-state index contributed by atoms with van der Waals surface area (Å²) >= 11 is 0. The molecule has 1 aliphatic heterocycles. The van der Waals surface area contributed by atoms with E-state index in [-0.39, 0.29) is 23.8 Å². The number of amides is 3. The molecule has 6 nitrogen and oxygen atoms in total. The summed E-state index contributed by atoms with van der Waals surface area (Å²) in [6, 6.07) is 7.37. The predicted octanol–water partition coefficient (Wildman–Crippen LogP) is 1.70. The van der Waals surface area contributed by atoms with Gasteiger partial charge in [-0.05, 0) is 49.5 Å². The fourth-order valence-corrected chi connectivity index (χ4v) is 3.54. The van der Waals surface area contributed by atoms with E-state index in [2.05, 4.69) is 6.58 Å². The molecule has 0 aromatic heterocycles. The Labute approximate surface area is 153 Å². The standard InChI is InChI=1S/C20H25N3O3/c1-2-18(24)22-10-4-7-16(13-22)20(26)23(17-8-9-17)12-14-5-3-6-15(11-14)19(21)25/h2-3,5-6,11,16-17H,1,4,7-10,12-13H2,(H2,21,25).